The third kappa shape index (κ3) is 4.30. The molecular formula is C16H20N2O. The quantitative estimate of drug-likeness (QED) is 0.823. The van der Waals surface area contributed by atoms with Crippen molar-refractivity contribution >= 4 is 17.1 Å². The van der Waals surface area contributed by atoms with E-state index in [-0.39, 0.29) is 0 Å². The van der Waals surface area contributed by atoms with E-state index in [0.717, 1.165) is 17.1 Å². The third-order valence-electron chi connectivity index (χ3n) is 2.78. The van der Waals surface area contributed by atoms with Gasteiger partial charge in [0.05, 0.1) is 6.61 Å². The van der Waals surface area contributed by atoms with Crippen molar-refractivity contribution in [3.8, 4) is 0 Å². The second-order valence-corrected chi connectivity index (χ2v) is 4.57. The molecule has 19 heavy (non-hydrogen) atoms. The lowest BCUT2D eigenvalue weighted by Gasteiger charge is -2.14. The van der Waals surface area contributed by atoms with E-state index in [4.69, 9.17) is 4.74 Å². The van der Waals surface area contributed by atoms with Gasteiger partial charge in [-0.3, -0.25) is 0 Å². The van der Waals surface area contributed by atoms with Crippen LogP contribution in [0.15, 0.2) is 54.6 Å². The molecule has 2 aromatic carbocycles. The minimum Gasteiger partial charge on any atom is -0.383 e. The molecule has 0 saturated heterocycles. The van der Waals surface area contributed by atoms with Gasteiger partial charge in [0.25, 0.3) is 0 Å². The zero-order valence-corrected chi connectivity index (χ0v) is 11.4. The van der Waals surface area contributed by atoms with Gasteiger partial charge in [0, 0.05) is 30.2 Å². The van der Waals surface area contributed by atoms with Crippen LogP contribution in [0.25, 0.3) is 0 Å². The van der Waals surface area contributed by atoms with E-state index in [1.165, 1.54) is 0 Å². The molecule has 0 bridgehead atoms. The van der Waals surface area contributed by atoms with Crippen LogP contribution in [0.5, 0.6) is 0 Å². The molecule has 0 heterocycles. The first kappa shape index (κ1) is 13.4. The van der Waals surface area contributed by atoms with Gasteiger partial charge < -0.3 is 15.4 Å². The van der Waals surface area contributed by atoms with Crippen molar-refractivity contribution in [3.05, 3.63) is 54.6 Å². The molecule has 2 rings (SSSR count). The molecule has 2 aromatic rings. The molecule has 0 aromatic heterocycles. The number of nitrogens with one attached hydrogen (secondary N) is 2. The Kier molecular flexibility index (Phi) is 4.81. The molecule has 100 valence electrons. The van der Waals surface area contributed by atoms with E-state index in [9.17, 15) is 0 Å². The largest absolute Gasteiger partial charge is 0.383 e. The monoisotopic (exact) mass is 256 g/mol. The Labute approximate surface area is 114 Å². The number of methoxy groups -OCH3 is 1. The highest BCUT2D eigenvalue weighted by Crippen LogP contribution is 2.18. The Morgan fingerprint density at radius 3 is 2.11 bits per heavy atom. The van der Waals surface area contributed by atoms with Gasteiger partial charge in [0.15, 0.2) is 0 Å². The summed E-state index contributed by atoms with van der Waals surface area (Å²) >= 11 is 0. The summed E-state index contributed by atoms with van der Waals surface area (Å²) in [6, 6.07) is 18.7. The molecule has 0 fully saturated rings. The van der Waals surface area contributed by atoms with Gasteiger partial charge in [-0.1, -0.05) is 18.2 Å². The fourth-order valence-electron chi connectivity index (χ4n) is 1.91. The second-order valence-electron chi connectivity index (χ2n) is 4.57. The predicted octanol–water partition coefficient (Wildman–Crippen LogP) is 3.88. The first-order chi connectivity index (χ1) is 9.28. The lowest BCUT2D eigenvalue weighted by atomic mass is 10.2. The number of anilines is 3. The third-order valence-corrected chi connectivity index (χ3v) is 2.78. The van der Waals surface area contributed by atoms with Crippen LogP contribution in [-0.2, 0) is 4.74 Å². The molecule has 0 spiro atoms. The van der Waals surface area contributed by atoms with Gasteiger partial charge in [-0.2, -0.15) is 0 Å². The lowest BCUT2D eigenvalue weighted by molar-refractivity contribution is 0.190. The fraction of sp³-hybridized carbons (Fsp3) is 0.250. The number of rotatable bonds is 6. The molecule has 0 aliphatic carbocycles. The molecule has 0 saturated carbocycles. The highest BCUT2D eigenvalue weighted by Gasteiger charge is 2.01. The Morgan fingerprint density at radius 2 is 1.47 bits per heavy atom. The number of benzene rings is 2. The maximum absolute atomic E-state index is 5.10. The summed E-state index contributed by atoms with van der Waals surface area (Å²) in [6.45, 7) is 2.80. The van der Waals surface area contributed by atoms with Gasteiger partial charge in [-0.05, 0) is 43.3 Å². The van der Waals surface area contributed by atoms with Crippen LogP contribution in [0.1, 0.15) is 6.92 Å². The molecule has 2 N–H and O–H groups in total. The van der Waals surface area contributed by atoms with Gasteiger partial charge >= 0.3 is 0 Å². The Morgan fingerprint density at radius 1 is 0.895 bits per heavy atom. The highest BCUT2D eigenvalue weighted by atomic mass is 16.5. The van der Waals surface area contributed by atoms with Crippen LogP contribution >= 0.6 is 0 Å². The van der Waals surface area contributed by atoms with Gasteiger partial charge in [0.1, 0.15) is 0 Å². The minimum atomic E-state index is 0.304. The normalized spacial score (nSPS) is 11.9. The molecule has 1 atom stereocenters. The maximum atomic E-state index is 5.10. The molecule has 0 aliphatic rings. The molecule has 0 radical (unpaired) electrons. The average Bonchev–Trinajstić information content (AvgIpc) is 2.42. The molecular weight excluding hydrogens is 236 g/mol. The van der Waals surface area contributed by atoms with Crippen molar-refractivity contribution < 1.29 is 4.74 Å². The Bertz CT molecular complexity index is 482. The minimum absolute atomic E-state index is 0.304. The van der Waals surface area contributed by atoms with Crippen LogP contribution in [0, 0.1) is 0 Å². The summed E-state index contributed by atoms with van der Waals surface area (Å²) < 4.78 is 5.10. The average molecular weight is 256 g/mol. The van der Waals surface area contributed by atoms with Crippen molar-refractivity contribution in [2.75, 3.05) is 24.4 Å². The zero-order valence-electron chi connectivity index (χ0n) is 11.4. The van der Waals surface area contributed by atoms with Gasteiger partial charge in [0.2, 0.25) is 0 Å². The molecule has 3 heteroatoms. The standard InChI is InChI=1S/C16H20N2O/c1-13(12-19-2)17-15-8-10-16(11-9-15)18-14-6-4-3-5-7-14/h3-11,13,17-18H,12H2,1-2H3. The second kappa shape index (κ2) is 6.81. The summed E-state index contributed by atoms with van der Waals surface area (Å²) in [4.78, 5) is 0. The number of hydrogen-bond acceptors (Lipinski definition) is 3. The van der Waals surface area contributed by atoms with Gasteiger partial charge in [-0.15, -0.1) is 0 Å². The summed E-state index contributed by atoms with van der Waals surface area (Å²) in [5.74, 6) is 0. The van der Waals surface area contributed by atoms with Crippen molar-refractivity contribution in [3.63, 3.8) is 0 Å². The van der Waals surface area contributed by atoms with Crippen LogP contribution < -0.4 is 10.6 Å². The summed E-state index contributed by atoms with van der Waals surface area (Å²) in [5, 5.41) is 6.74. The summed E-state index contributed by atoms with van der Waals surface area (Å²) in [6.07, 6.45) is 0. The number of para-hydroxylation sites is 1. The fourth-order valence-corrected chi connectivity index (χ4v) is 1.91. The van der Waals surface area contributed by atoms with E-state index in [1.807, 2.05) is 30.3 Å². The van der Waals surface area contributed by atoms with Gasteiger partial charge in [-0.25, -0.2) is 0 Å². The van der Waals surface area contributed by atoms with Crippen LogP contribution in [0.2, 0.25) is 0 Å². The molecule has 1 unspecified atom stereocenters. The van der Waals surface area contributed by atoms with Crippen LogP contribution in [-0.4, -0.2) is 19.8 Å². The number of ether oxygens (including phenoxy) is 1. The Hall–Kier alpha value is -2.00. The SMILES string of the molecule is COCC(C)Nc1ccc(Nc2ccccc2)cc1. The van der Waals surface area contributed by atoms with E-state index < -0.39 is 0 Å². The van der Waals surface area contributed by atoms with E-state index in [1.54, 1.807) is 7.11 Å². The van der Waals surface area contributed by atoms with Crippen molar-refractivity contribution in [2.24, 2.45) is 0 Å². The summed E-state index contributed by atoms with van der Waals surface area (Å²) in [5.41, 5.74) is 3.27. The predicted molar refractivity (Wildman–Crippen MR) is 81.1 cm³/mol. The lowest BCUT2D eigenvalue weighted by Crippen LogP contribution is -2.20. The van der Waals surface area contributed by atoms with Crippen molar-refractivity contribution in [1.82, 2.24) is 0 Å². The van der Waals surface area contributed by atoms with Crippen LogP contribution in [0.3, 0.4) is 0 Å². The maximum Gasteiger partial charge on any atom is 0.0661 e. The van der Waals surface area contributed by atoms with Crippen LogP contribution in [0.4, 0.5) is 17.1 Å². The van der Waals surface area contributed by atoms with E-state index in [2.05, 4.69) is 41.8 Å². The van der Waals surface area contributed by atoms with E-state index >= 15 is 0 Å². The first-order valence-corrected chi connectivity index (χ1v) is 6.45. The van der Waals surface area contributed by atoms with E-state index in [0.29, 0.717) is 12.6 Å². The number of hydrogen-bond donors (Lipinski definition) is 2. The smallest absolute Gasteiger partial charge is 0.0661 e. The Balaban J connectivity index is 1.95. The molecule has 0 aliphatic heterocycles. The zero-order chi connectivity index (χ0) is 13.5. The topological polar surface area (TPSA) is 33.3 Å². The van der Waals surface area contributed by atoms with Crippen molar-refractivity contribution in [1.29, 1.82) is 0 Å². The highest BCUT2D eigenvalue weighted by molar-refractivity contribution is 5.62. The molecule has 3 nitrogen and oxygen atoms in total. The summed E-state index contributed by atoms with van der Waals surface area (Å²) in [7, 11) is 1.71. The first-order valence-electron chi connectivity index (χ1n) is 6.45. The molecule has 0 amide bonds. The van der Waals surface area contributed by atoms with Crippen molar-refractivity contribution in [2.45, 2.75) is 13.0 Å².